The van der Waals surface area contributed by atoms with Gasteiger partial charge < -0.3 is 14.5 Å². The van der Waals surface area contributed by atoms with Crippen molar-refractivity contribution in [2.45, 2.75) is 13.8 Å². The molecule has 6 nitrogen and oxygen atoms in total. The summed E-state index contributed by atoms with van der Waals surface area (Å²) in [5.74, 6) is -0.936. The van der Waals surface area contributed by atoms with E-state index in [2.05, 4.69) is 4.74 Å². The highest BCUT2D eigenvalue weighted by atomic mass is 16.5. The Labute approximate surface area is 95.1 Å². The van der Waals surface area contributed by atoms with Gasteiger partial charge in [0.2, 0.25) is 11.8 Å². The summed E-state index contributed by atoms with van der Waals surface area (Å²) in [6.07, 6.45) is 0. The number of likely N-dealkylation sites (N-methyl/N-ethyl adjacent to an activating group) is 2. The minimum absolute atomic E-state index is 0.0276. The SMILES string of the molecule is CCN(CC(=O)OC)C(=O)CN(C)C(C)=O. The van der Waals surface area contributed by atoms with Crippen molar-refractivity contribution in [1.82, 2.24) is 9.80 Å². The molecule has 0 atom stereocenters. The molecule has 0 heterocycles. The Balaban J connectivity index is 4.31. The summed E-state index contributed by atoms with van der Waals surface area (Å²) >= 11 is 0. The number of carbonyl (C=O) groups is 3. The second-order valence-electron chi connectivity index (χ2n) is 3.36. The van der Waals surface area contributed by atoms with E-state index < -0.39 is 5.97 Å². The van der Waals surface area contributed by atoms with Gasteiger partial charge in [-0.1, -0.05) is 0 Å². The molecule has 0 N–H and O–H groups in total. The van der Waals surface area contributed by atoms with Gasteiger partial charge in [0.1, 0.15) is 6.54 Å². The fourth-order valence-electron chi connectivity index (χ4n) is 1.01. The summed E-state index contributed by atoms with van der Waals surface area (Å²) in [7, 11) is 2.80. The van der Waals surface area contributed by atoms with Crippen LogP contribution in [-0.2, 0) is 19.1 Å². The van der Waals surface area contributed by atoms with E-state index in [0.29, 0.717) is 6.54 Å². The highest BCUT2D eigenvalue weighted by Gasteiger charge is 2.18. The number of ether oxygens (including phenoxy) is 1. The first-order chi connectivity index (χ1) is 7.42. The van der Waals surface area contributed by atoms with Gasteiger partial charge in [0.25, 0.3) is 0 Å². The van der Waals surface area contributed by atoms with E-state index in [9.17, 15) is 14.4 Å². The monoisotopic (exact) mass is 230 g/mol. The number of hydrogen-bond acceptors (Lipinski definition) is 4. The second-order valence-corrected chi connectivity index (χ2v) is 3.36. The fraction of sp³-hybridized carbons (Fsp3) is 0.700. The molecule has 0 aromatic carbocycles. The van der Waals surface area contributed by atoms with Crippen LogP contribution in [0.25, 0.3) is 0 Å². The van der Waals surface area contributed by atoms with Crippen molar-refractivity contribution in [2.24, 2.45) is 0 Å². The third-order valence-electron chi connectivity index (χ3n) is 2.19. The van der Waals surface area contributed by atoms with Crippen LogP contribution < -0.4 is 0 Å². The molecule has 0 aromatic heterocycles. The Kier molecular flexibility index (Phi) is 6.14. The van der Waals surface area contributed by atoms with Crippen molar-refractivity contribution in [3.8, 4) is 0 Å². The number of methoxy groups -OCH3 is 1. The van der Waals surface area contributed by atoms with Crippen LogP contribution in [0, 0.1) is 0 Å². The molecule has 0 unspecified atom stereocenters. The Morgan fingerprint density at radius 1 is 1.19 bits per heavy atom. The first kappa shape index (κ1) is 14.4. The van der Waals surface area contributed by atoms with Gasteiger partial charge >= 0.3 is 5.97 Å². The van der Waals surface area contributed by atoms with Gasteiger partial charge in [0.05, 0.1) is 13.7 Å². The first-order valence-electron chi connectivity index (χ1n) is 4.98. The van der Waals surface area contributed by atoms with Crippen LogP contribution in [0.15, 0.2) is 0 Å². The predicted molar refractivity (Wildman–Crippen MR) is 57.6 cm³/mol. The normalized spacial score (nSPS) is 9.50. The summed E-state index contributed by atoms with van der Waals surface area (Å²) in [6.45, 7) is 3.43. The lowest BCUT2D eigenvalue weighted by Gasteiger charge is -2.22. The fourth-order valence-corrected chi connectivity index (χ4v) is 1.01. The molecule has 0 aliphatic carbocycles. The number of rotatable bonds is 5. The minimum atomic E-state index is -0.472. The molecule has 16 heavy (non-hydrogen) atoms. The molecule has 0 aliphatic heterocycles. The van der Waals surface area contributed by atoms with Gasteiger partial charge in [-0.15, -0.1) is 0 Å². The van der Waals surface area contributed by atoms with Gasteiger partial charge in [0.15, 0.2) is 0 Å². The molecule has 6 heteroatoms. The third-order valence-corrected chi connectivity index (χ3v) is 2.19. The minimum Gasteiger partial charge on any atom is -0.468 e. The van der Waals surface area contributed by atoms with E-state index in [1.807, 2.05) is 0 Å². The number of nitrogens with zero attached hydrogens (tertiary/aromatic N) is 2. The molecule has 0 aromatic rings. The molecule has 0 spiro atoms. The molecular weight excluding hydrogens is 212 g/mol. The highest BCUT2D eigenvalue weighted by molar-refractivity contribution is 5.86. The van der Waals surface area contributed by atoms with Crippen LogP contribution in [-0.4, -0.2) is 61.4 Å². The molecule has 0 saturated heterocycles. The average molecular weight is 230 g/mol. The molecule has 0 rings (SSSR count). The summed E-state index contributed by atoms with van der Waals surface area (Å²) in [5, 5.41) is 0. The zero-order valence-corrected chi connectivity index (χ0v) is 10.1. The Morgan fingerprint density at radius 2 is 1.75 bits per heavy atom. The number of esters is 1. The largest absolute Gasteiger partial charge is 0.468 e. The van der Waals surface area contributed by atoms with Gasteiger partial charge in [-0.2, -0.15) is 0 Å². The zero-order valence-electron chi connectivity index (χ0n) is 10.1. The van der Waals surface area contributed by atoms with Gasteiger partial charge in [-0.3, -0.25) is 14.4 Å². The molecule has 0 fully saturated rings. The number of hydrogen-bond donors (Lipinski definition) is 0. The zero-order chi connectivity index (χ0) is 12.7. The lowest BCUT2D eigenvalue weighted by atomic mass is 10.4. The average Bonchev–Trinajstić information content (AvgIpc) is 2.24. The van der Waals surface area contributed by atoms with E-state index in [1.165, 1.54) is 30.9 Å². The maximum absolute atomic E-state index is 11.7. The third kappa shape index (κ3) is 4.77. The second kappa shape index (κ2) is 6.81. The molecule has 92 valence electrons. The van der Waals surface area contributed by atoms with Crippen LogP contribution in [0.5, 0.6) is 0 Å². The van der Waals surface area contributed by atoms with Crippen molar-refractivity contribution >= 4 is 17.8 Å². The van der Waals surface area contributed by atoms with Crippen LogP contribution in [0.2, 0.25) is 0 Å². The Hall–Kier alpha value is -1.59. The maximum Gasteiger partial charge on any atom is 0.325 e. The lowest BCUT2D eigenvalue weighted by Crippen LogP contribution is -2.42. The van der Waals surface area contributed by atoms with E-state index in [0.717, 1.165) is 0 Å². The maximum atomic E-state index is 11.7. The van der Waals surface area contributed by atoms with Crippen molar-refractivity contribution in [2.75, 3.05) is 33.8 Å². The standard InChI is InChI=1S/C10H18N2O4/c1-5-12(7-10(15)16-4)9(14)6-11(3)8(2)13/h5-7H2,1-4H3. The van der Waals surface area contributed by atoms with E-state index in [4.69, 9.17) is 0 Å². The lowest BCUT2D eigenvalue weighted by molar-refractivity contribution is -0.147. The number of carbonyl (C=O) groups excluding carboxylic acids is 3. The van der Waals surface area contributed by atoms with Crippen molar-refractivity contribution in [3.63, 3.8) is 0 Å². The molecule has 0 bridgehead atoms. The van der Waals surface area contributed by atoms with Crippen molar-refractivity contribution in [1.29, 1.82) is 0 Å². The van der Waals surface area contributed by atoms with Crippen molar-refractivity contribution in [3.05, 3.63) is 0 Å². The van der Waals surface area contributed by atoms with Gasteiger partial charge in [0, 0.05) is 20.5 Å². The summed E-state index contributed by atoms with van der Waals surface area (Å²) in [4.78, 5) is 36.2. The van der Waals surface area contributed by atoms with Gasteiger partial charge in [-0.25, -0.2) is 0 Å². The quantitative estimate of drug-likeness (QED) is 0.596. The van der Waals surface area contributed by atoms with Crippen LogP contribution in [0.4, 0.5) is 0 Å². The van der Waals surface area contributed by atoms with E-state index >= 15 is 0 Å². The van der Waals surface area contributed by atoms with Crippen molar-refractivity contribution < 1.29 is 19.1 Å². The van der Waals surface area contributed by atoms with Crippen LogP contribution in [0.1, 0.15) is 13.8 Å². The van der Waals surface area contributed by atoms with Gasteiger partial charge in [-0.05, 0) is 6.92 Å². The summed E-state index contributed by atoms with van der Waals surface area (Å²) in [5.41, 5.74) is 0. The number of amides is 2. The highest BCUT2D eigenvalue weighted by Crippen LogP contribution is 1.94. The Morgan fingerprint density at radius 3 is 2.12 bits per heavy atom. The van der Waals surface area contributed by atoms with E-state index in [1.54, 1.807) is 6.92 Å². The predicted octanol–water partition coefficient (Wildman–Crippen LogP) is -0.514. The first-order valence-corrected chi connectivity index (χ1v) is 4.98. The topological polar surface area (TPSA) is 66.9 Å². The Bertz CT molecular complexity index is 278. The summed E-state index contributed by atoms with van der Waals surface area (Å²) in [6, 6.07) is 0. The van der Waals surface area contributed by atoms with Crippen LogP contribution in [0.3, 0.4) is 0 Å². The molecule has 0 aliphatic rings. The van der Waals surface area contributed by atoms with E-state index in [-0.39, 0.29) is 24.9 Å². The molecular formula is C10H18N2O4. The van der Waals surface area contributed by atoms with Crippen LogP contribution >= 0.6 is 0 Å². The molecule has 0 radical (unpaired) electrons. The molecule has 0 saturated carbocycles. The smallest absolute Gasteiger partial charge is 0.325 e. The molecule has 2 amide bonds. The summed E-state index contributed by atoms with van der Waals surface area (Å²) < 4.78 is 4.47.